The minimum atomic E-state index is -4.46. The van der Waals surface area contributed by atoms with E-state index in [9.17, 15) is 27.9 Å². The SMILES string of the molecule is CC(C)(Oc1cccc(CCCCn2ccnc2C(=O)c2ccc(C(F)(F)F)cc2)c1)C(=O)O. The number of benzene rings is 2. The van der Waals surface area contributed by atoms with Crippen molar-refractivity contribution in [3.8, 4) is 5.75 Å². The van der Waals surface area contributed by atoms with Crippen LogP contribution in [0.1, 0.15) is 54.0 Å². The van der Waals surface area contributed by atoms with E-state index in [1.54, 1.807) is 22.9 Å². The predicted molar refractivity (Wildman–Crippen MR) is 119 cm³/mol. The molecule has 3 aromatic rings. The zero-order chi connectivity index (χ0) is 24.9. The van der Waals surface area contributed by atoms with Crippen molar-refractivity contribution in [3.63, 3.8) is 0 Å². The number of nitrogens with zero attached hydrogens (tertiary/aromatic N) is 2. The lowest BCUT2D eigenvalue weighted by atomic mass is 10.1. The highest BCUT2D eigenvalue weighted by Gasteiger charge is 2.31. The summed E-state index contributed by atoms with van der Waals surface area (Å²) in [7, 11) is 0. The van der Waals surface area contributed by atoms with E-state index < -0.39 is 29.1 Å². The summed E-state index contributed by atoms with van der Waals surface area (Å²) in [6, 6.07) is 11.3. The van der Waals surface area contributed by atoms with Crippen molar-refractivity contribution < 1.29 is 32.6 Å². The van der Waals surface area contributed by atoms with Gasteiger partial charge in [0.2, 0.25) is 5.78 Å². The molecule has 0 radical (unpaired) electrons. The Hall–Kier alpha value is -3.62. The van der Waals surface area contributed by atoms with Gasteiger partial charge in [-0.3, -0.25) is 4.79 Å². The molecule has 0 spiro atoms. The average Bonchev–Trinajstić information content (AvgIpc) is 3.24. The Morgan fingerprint density at radius 2 is 1.76 bits per heavy atom. The van der Waals surface area contributed by atoms with Crippen LogP contribution in [0.25, 0.3) is 0 Å². The number of carbonyl (C=O) groups is 2. The molecule has 0 saturated heterocycles. The normalized spacial score (nSPS) is 11.9. The Morgan fingerprint density at radius 3 is 2.41 bits per heavy atom. The highest BCUT2D eigenvalue weighted by molar-refractivity contribution is 6.06. The first-order valence-corrected chi connectivity index (χ1v) is 10.7. The fraction of sp³-hybridized carbons (Fsp3) is 0.320. The third kappa shape index (κ3) is 6.24. The topological polar surface area (TPSA) is 81.4 Å². The molecular weight excluding hydrogens is 449 g/mol. The maximum absolute atomic E-state index is 12.7. The first-order chi connectivity index (χ1) is 16.0. The van der Waals surface area contributed by atoms with E-state index in [-0.39, 0.29) is 11.4 Å². The van der Waals surface area contributed by atoms with E-state index in [4.69, 9.17) is 4.74 Å². The molecule has 0 atom stereocenters. The maximum Gasteiger partial charge on any atom is 0.416 e. The van der Waals surface area contributed by atoms with Gasteiger partial charge in [-0.25, -0.2) is 9.78 Å². The maximum atomic E-state index is 12.7. The molecule has 1 aromatic heterocycles. The van der Waals surface area contributed by atoms with Crippen LogP contribution in [-0.2, 0) is 23.9 Å². The predicted octanol–water partition coefficient (Wildman–Crippen LogP) is 5.40. The monoisotopic (exact) mass is 474 g/mol. The number of aryl methyl sites for hydroxylation is 2. The molecule has 1 N–H and O–H groups in total. The minimum Gasteiger partial charge on any atom is -0.478 e. The molecule has 2 aromatic carbocycles. The van der Waals surface area contributed by atoms with Crippen molar-refractivity contribution in [1.82, 2.24) is 9.55 Å². The molecule has 0 unspecified atom stereocenters. The lowest BCUT2D eigenvalue weighted by Gasteiger charge is -2.21. The van der Waals surface area contributed by atoms with Gasteiger partial charge < -0.3 is 14.4 Å². The van der Waals surface area contributed by atoms with Crippen LogP contribution in [0.15, 0.2) is 60.9 Å². The number of carboxylic acid groups (broad SMARTS) is 1. The molecule has 3 rings (SSSR count). The summed E-state index contributed by atoms with van der Waals surface area (Å²) in [5.74, 6) is -0.848. The van der Waals surface area contributed by atoms with Gasteiger partial charge in [0.25, 0.3) is 0 Å². The van der Waals surface area contributed by atoms with Crippen LogP contribution >= 0.6 is 0 Å². The largest absolute Gasteiger partial charge is 0.478 e. The van der Waals surface area contributed by atoms with Gasteiger partial charge in [-0.05, 0) is 62.9 Å². The lowest BCUT2D eigenvalue weighted by Crippen LogP contribution is -2.37. The lowest BCUT2D eigenvalue weighted by molar-refractivity contribution is -0.152. The number of carbonyl (C=O) groups excluding carboxylic acids is 1. The molecule has 0 fully saturated rings. The van der Waals surface area contributed by atoms with Gasteiger partial charge in [-0.1, -0.05) is 24.3 Å². The summed E-state index contributed by atoms with van der Waals surface area (Å²) in [6.45, 7) is 3.48. The molecule has 0 aliphatic rings. The standard InChI is InChI=1S/C25H25F3N2O4/c1-24(2,23(32)33)34-20-8-5-7-17(16-20)6-3-4-14-30-15-13-29-22(30)21(31)18-9-11-19(12-10-18)25(26,27)28/h5,7-13,15-16H,3-4,6,14H2,1-2H3,(H,32,33). The van der Waals surface area contributed by atoms with Crippen molar-refractivity contribution >= 4 is 11.8 Å². The summed E-state index contributed by atoms with van der Waals surface area (Å²) in [5, 5.41) is 9.21. The summed E-state index contributed by atoms with van der Waals surface area (Å²) >= 11 is 0. The quantitative estimate of drug-likeness (QED) is 0.314. The number of ether oxygens (including phenoxy) is 1. The van der Waals surface area contributed by atoms with E-state index in [1.807, 2.05) is 12.1 Å². The summed E-state index contributed by atoms with van der Waals surface area (Å²) in [6.07, 6.45) is 0.940. The Bertz CT molecular complexity index is 1150. The van der Waals surface area contributed by atoms with Crippen LogP contribution in [0.4, 0.5) is 13.2 Å². The highest BCUT2D eigenvalue weighted by atomic mass is 19.4. The number of aromatic nitrogens is 2. The zero-order valence-corrected chi connectivity index (χ0v) is 18.8. The average molecular weight is 474 g/mol. The molecular formula is C25H25F3N2O4. The van der Waals surface area contributed by atoms with Crippen molar-refractivity contribution in [3.05, 3.63) is 83.4 Å². The van der Waals surface area contributed by atoms with Crippen molar-refractivity contribution in [2.45, 2.75) is 51.4 Å². The molecule has 1 heterocycles. The molecule has 34 heavy (non-hydrogen) atoms. The van der Waals surface area contributed by atoms with Crippen LogP contribution in [0.2, 0.25) is 0 Å². The molecule has 0 bridgehead atoms. The molecule has 6 nitrogen and oxygen atoms in total. The number of ketones is 1. The number of rotatable bonds is 10. The number of unbranched alkanes of at least 4 members (excludes halogenated alkanes) is 1. The first-order valence-electron chi connectivity index (χ1n) is 10.7. The second-order valence-corrected chi connectivity index (χ2v) is 8.37. The van der Waals surface area contributed by atoms with Gasteiger partial charge in [-0.15, -0.1) is 0 Å². The third-order valence-electron chi connectivity index (χ3n) is 5.29. The molecule has 0 aliphatic carbocycles. The fourth-order valence-corrected chi connectivity index (χ4v) is 3.35. The van der Waals surface area contributed by atoms with E-state index in [1.165, 1.54) is 20.0 Å². The Morgan fingerprint density at radius 1 is 1.06 bits per heavy atom. The van der Waals surface area contributed by atoms with Gasteiger partial charge in [0.1, 0.15) is 5.75 Å². The van der Waals surface area contributed by atoms with Gasteiger partial charge in [0.05, 0.1) is 5.56 Å². The number of alkyl halides is 3. The number of halogens is 3. The van der Waals surface area contributed by atoms with Crippen LogP contribution in [0.5, 0.6) is 5.75 Å². The molecule has 9 heteroatoms. The third-order valence-corrected chi connectivity index (χ3v) is 5.29. The minimum absolute atomic E-state index is 0.140. The fourth-order valence-electron chi connectivity index (χ4n) is 3.35. The number of carboxylic acids is 1. The van der Waals surface area contributed by atoms with Gasteiger partial charge in [0.15, 0.2) is 11.4 Å². The number of aliphatic carboxylic acids is 1. The smallest absolute Gasteiger partial charge is 0.416 e. The number of hydrogen-bond donors (Lipinski definition) is 1. The number of hydrogen-bond acceptors (Lipinski definition) is 4. The van der Waals surface area contributed by atoms with Gasteiger partial charge in [-0.2, -0.15) is 13.2 Å². The van der Waals surface area contributed by atoms with E-state index in [2.05, 4.69) is 4.98 Å². The van der Waals surface area contributed by atoms with Crippen molar-refractivity contribution in [2.75, 3.05) is 0 Å². The van der Waals surface area contributed by atoms with Crippen LogP contribution < -0.4 is 4.74 Å². The molecule has 0 aliphatic heterocycles. The molecule has 0 saturated carbocycles. The summed E-state index contributed by atoms with van der Waals surface area (Å²) in [4.78, 5) is 28.1. The van der Waals surface area contributed by atoms with Crippen molar-refractivity contribution in [1.29, 1.82) is 0 Å². The van der Waals surface area contributed by atoms with Crippen molar-refractivity contribution in [2.24, 2.45) is 0 Å². The Kier molecular flexibility index (Phi) is 7.44. The second-order valence-electron chi connectivity index (χ2n) is 8.37. The second kappa shape index (κ2) is 10.1. The van der Waals surface area contributed by atoms with Crippen LogP contribution in [0, 0.1) is 0 Å². The first kappa shape index (κ1) is 25.0. The van der Waals surface area contributed by atoms with Gasteiger partial charge >= 0.3 is 12.1 Å². The van der Waals surface area contributed by atoms with E-state index in [0.29, 0.717) is 12.3 Å². The molecule has 0 amide bonds. The summed E-state index contributed by atoms with van der Waals surface area (Å²) < 4.78 is 45.5. The Balaban J connectivity index is 1.56. The zero-order valence-electron chi connectivity index (χ0n) is 18.8. The van der Waals surface area contributed by atoms with Gasteiger partial charge in [0, 0.05) is 24.5 Å². The van der Waals surface area contributed by atoms with Crippen LogP contribution in [0.3, 0.4) is 0 Å². The Labute approximate surface area is 195 Å². The van der Waals surface area contributed by atoms with E-state index >= 15 is 0 Å². The van der Waals surface area contributed by atoms with Crippen LogP contribution in [-0.4, -0.2) is 32.0 Å². The number of imidazole rings is 1. The van der Waals surface area contributed by atoms with E-state index in [0.717, 1.165) is 49.1 Å². The molecule has 180 valence electrons. The summed E-state index contributed by atoms with van der Waals surface area (Å²) in [5.41, 5.74) is -1.02. The highest BCUT2D eigenvalue weighted by Crippen LogP contribution is 2.29.